The van der Waals surface area contributed by atoms with Gasteiger partial charge in [0.05, 0.1) is 23.6 Å². The molecule has 0 aliphatic carbocycles. The first-order valence-electron chi connectivity index (χ1n) is 7.16. The Balaban J connectivity index is 2.39. The number of nitrogens with two attached hydrogens (primary N) is 1. The number of nitrogens with zero attached hydrogens (tertiary/aromatic N) is 4. The molecule has 0 aliphatic heterocycles. The van der Waals surface area contributed by atoms with E-state index in [0.717, 1.165) is 41.2 Å². The van der Waals surface area contributed by atoms with Crippen molar-refractivity contribution >= 4 is 0 Å². The highest BCUT2D eigenvalue weighted by Gasteiger charge is 2.21. The molecule has 6 heteroatoms. The van der Waals surface area contributed by atoms with Gasteiger partial charge in [-0.15, -0.1) is 5.10 Å². The first kappa shape index (κ1) is 14.7. The smallest absolute Gasteiger partial charge is 0.138 e. The van der Waals surface area contributed by atoms with Crippen molar-refractivity contribution in [1.29, 1.82) is 0 Å². The summed E-state index contributed by atoms with van der Waals surface area (Å²) >= 11 is 0. The predicted molar refractivity (Wildman–Crippen MR) is 76.3 cm³/mol. The average molecular weight is 277 g/mol. The summed E-state index contributed by atoms with van der Waals surface area (Å²) in [5, 5.41) is 12.5. The standard InChI is InChI=1S/C14H23N5O/c1-5-11(6-2)14-13(7-15)16-18-19(14)8-12-9(3)17-20-10(12)4/h11H,5-8,15H2,1-4H3. The molecule has 0 radical (unpaired) electrons. The van der Waals surface area contributed by atoms with Gasteiger partial charge in [-0.25, -0.2) is 4.68 Å². The number of hydrogen-bond acceptors (Lipinski definition) is 5. The van der Waals surface area contributed by atoms with Crippen LogP contribution >= 0.6 is 0 Å². The Morgan fingerprint density at radius 2 is 1.95 bits per heavy atom. The predicted octanol–water partition coefficient (Wildman–Crippen LogP) is 2.29. The molecule has 2 rings (SSSR count). The summed E-state index contributed by atoms with van der Waals surface area (Å²) in [7, 11) is 0. The van der Waals surface area contributed by atoms with E-state index in [1.54, 1.807) is 0 Å². The molecule has 2 heterocycles. The van der Waals surface area contributed by atoms with Crippen molar-refractivity contribution in [2.75, 3.05) is 0 Å². The van der Waals surface area contributed by atoms with E-state index in [0.29, 0.717) is 19.0 Å². The first-order chi connectivity index (χ1) is 9.62. The first-order valence-corrected chi connectivity index (χ1v) is 7.16. The molecule has 6 nitrogen and oxygen atoms in total. The maximum absolute atomic E-state index is 5.80. The largest absolute Gasteiger partial charge is 0.361 e. The fraction of sp³-hybridized carbons (Fsp3) is 0.643. The van der Waals surface area contributed by atoms with Crippen LogP contribution in [0, 0.1) is 13.8 Å². The van der Waals surface area contributed by atoms with Gasteiger partial charge in [-0.2, -0.15) is 0 Å². The fourth-order valence-corrected chi connectivity index (χ4v) is 2.62. The average Bonchev–Trinajstić information content (AvgIpc) is 2.99. The van der Waals surface area contributed by atoms with E-state index in [2.05, 4.69) is 29.3 Å². The third-order valence-electron chi connectivity index (χ3n) is 3.90. The SMILES string of the molecule is CCC(CC)c1c(CN)nnn1Cc1c(C)noc1C. The van der Waals surface area contributed by atoms with Crippen LogP contribution in [0.3, 0.4) is 0 Å². The highest BCUT2D eigenvalue weighted by Crippen LogP contribution is 2.26. The Labute approximate surface area is 119 Å². The Morgan fingerprint density at radius 3 is 2.45 bits per heavy atom. The number of aryl methyl sites for hydroxylation is 2. The molecule has 2 N–H and O–H groups in total. The molecule has 0 unspecified atom stereocenters. The van der Waals surface area contributed by atoms with Crippen molar-refractivity contribution < 1.29 is 4.52 Å². The van der Waals surface area contributed by atoms with Crippen molar-refractivity contribution in [3.05, 3.63) is 28.4 Å². The molecule has 0 saturated heterocycles. The maximum atomic E-state index is 5.80. The van der Waals surface area contributed by atoms with E-state index in [1.165, 1.54) is 0 Å². The highest BCUT2D eigenvalue weighted by atomic mass is 16.5. The summed E-state index contributed by atoms with van der Waals surface area (Å²) in [6, 6.07) is 0. The normalized spacial score (nSPS) is 11.5. The Morgan fingerprint density at radius 1 is 1.25 bits per heavy atom. The van der Waals surface area contributed by atoms with E-state index < -0.39 is 0 Å². The van der Waals surface area contributed by atoms with Gasteiger partial charge in [-0.1, -0.05) is 24.2 Å². The summed E-state index contributed by atoms with van der Waals surface area (Å²) in [6.07, 6.45) is 2.11. The lowest BCUT2D eigenvalue weighted by molar-refractivity contribution is 0.391. The van der Waals surface area contributed by atoms with E-state index >= 15 is 0 Å². The Kier molecular flexibility index (Phi) is 4.54. The molecule has 0 spiro atoms. The molecule has 2 aromatic rings. The summed E-state index contributed by atoms with van der Waals surface area (Å²) < 4.78 is 7.17. The second-order valence-electron chi connectivity index (χ2n) is 5.10. The molecule has 0 aromatic carbocycles. The van der Waals surface area contributed by atoms with Crippen LogP contribution in [0.4, 0.5) is 0 Å². The summed E-state index contributed by atoms with van der Waals surface area (Å²) in [5.41, 5.74) is 9.82. The van der Waals surface area contributed by atoms with Gasteiger partial charge in [0.25, 0.3) is 0 Å². The molecule has 0 amide bonds. The topological polar surface area (TPSA) is 82.8 Å². The summed E-state index contributed by atoms with van der Waals surface area (Å²) in [6.45, 7) is 9.30. The van der Waals surface area contributed by atoms with Crippen molar-refractivity contribution in [2.45, 2.75) is 59.5 Å². The van der Waals surface area contributed by atoms with Crippen LogP contribution in [0.5, 0.6) is 0 Å². The summed E-state index contributed by atoms with van der Waals surface area (Å²) in [4.78, 5) is 0. The van der Waals surface area contributed by atoms with Gasteiger partial charge in [0, 0.05) is 18.0 Å². The van der Waals surface area contributed by atoms with Crippen LogP contribution in [-0.4, -0.2) is 20.2 Å². The van der Waals surface area contributed by atoms with Gasteiger partial charge in [-0.05, 0) is 26.7 Å². The lowest BCUT2D eigenvalue weighted by atomic mass is 9.97. The second-order valence-corrected chi connectivity index (χ2v) is 5.10. The molecule has 2 aromatic heterocycles. The molecule has 0 bridgehead atoms. The maximum Gasteiger partial charge on any atom is 0.138 e. The van der Waals surface area contributed by atoms with Crippen molar-refractivity contribution in [3.63, 3.8) is 0 Å². The van der Waals surface area contributed by atoms with Crippen LogP contribution in [0.2, 0.25) is 0 Å². The van der Waals surface area contributed by atoms with Gasteiger partial charge in [0.2, 0.25) is 0 Å². The van der Waals surface area contributed by atoms with E-state index in [9.17, 15) is 0 Å². The zero-order valence-electron chi connectivity index (χ0n) is 12.7. The molecule has 0 atom stereocenters. The van der Waals surface area contributed by atoms with Crippen LogP contribution < -0.4 is 5.73 Å². The van der Waals surface area contributed by atoms with Gasteiger partial charge in [0.15, 0.2) is 0 Å². The molecule has 0 fully saturated rings. The number of rotatable bonds is 6. The minimum absolute atomic E-state index is 0.424. The van der Waals surface area contributed by atoms with Crippen LogP contribution in [0.1, 0.15) is 61.0 Å². The minimum atomic E-state index is 0.424. The molecule has 0 aliphatic rings. The van der Waals surface area contributed by atoms with Crippen molar-refractivity contribution in [3.8, 4) is 0 Å². The van der Waals surface area contributed by atoms with E-state index in [1.807, 2.05) is 18.5 Å². The molecule has 20 heavy (non-hydrogen) atoms. The third kappa shape index (κ3) is 2.60. The van der Waals surface area contributed by atoms with Crippen LogP contribution in [0.25, 0.3) is 0 Å². The number of aromatic nitrogens is 4. The fourth-order valence-electron chi connectivity index (χ4n) is 2.62. The quantitative estimate of drug-likeness (QED) is 0.876. The van der Waals surface area contributed by atoms with Gasteiger partial charge >= 0.3 is 0 Å². The Bertz CT molecular complexity index is 549. The zero-order chi connectivity index (χ0) is 14.7. The molecular formula is C14H23N5O. The summed E-state index contributed by atoms with van der Waals surface area (Å²) in [5.74, 6) is 1.27. The molecule has 0 saturated carbocycles. The van der Waals surface area contributed by atoms with Gasteiger partial charge in [0.1, 0.15) is 5.76 Å². The second kappa shape index (κ2) is 6.17. The van der Waals surface area contributed by atoms with E-state index in [-0.39, 0.29) is 0 Å². The molecular weight excluding hydrogens is 254 g/mol. The third-order valence-corrected chi connectivity index (χ3v) is 3.90. The zero-order valence-corrected chi connectivity index (χ0v) is 12.7. The van der Waals surface area contributed by atoms with Gasteiger partial charge in [-0.3, -0.25) is 0 Å². The van der Waals surface area contributed by atoms with E-state index in [4.69, 9.17) is 10.3 Å². The van der Waals surface area contributed by atoms with Crippen LogP contribution in [-0.2, 0) is 13.1 Å². The lowest BCUT2D eigenvalue weighted by Crippen LogP contribution is -2.13. The van der Waals surface area contributed by atoms with Crippen LogP contribution in [0.15, 0.2) is 4.52 Å². The minimum Gasteiger partial charge on any atom is -0.361 e. The van der Waals surface area contributed by atoms with Crippen molar-refractivity contribution in [2.24, 2.45) is 5.73 Å². The lowest BCUT2D eigenvalue weighted by Gasteiger charge is -2.15. The monoisotopic (exact) mass is 277 g/mol. The molecule has 110 valence electrons. The number of hydrogen-bond donors (Lipinski definition) is 1. The van der Waals surface area contributed by atoms with Crippen molar-refractivity contribution in [1.82, 2.24) is 20.2 Å². The highest BCUT2D eigenvalue weighted by molar-refractivity contribution is 5.23. The van der Waals surface area contributed by atoms with Gasteiger partial charge < -0.3 is 10.3 Å². The Hall–Kier alpha value is -1.69.